The molecular weight excluding hydrogens is 290 g/mol. The van der Waals surface area contributed by atoms with Crippen molar-refractivity contribution >= 4 is 28.4 Å². The zero-order valence-corrected chi connectivity index (χ0v) is 13.9. The van der Waals surface area contributed by atoms with Gasteiger partial charge in [-0.3, -0.25) is 4.79 Å². The summed E-state index contributed by atoms with van der Waals surface area (Å²) in [6, 6.07) is 15.1. The largest absolute Gasteiger partial charge is 0.352 e. The fraction of sp³-hybridized carbons (Fsp3) is 0.421. The molecule has 0 aromatic heterocycles. The molecule has 1 fully saturated rings. The third-order valence-corrected chi connectivity index (χ3v) is 5.45. The summed E-state index contributed by atoms with van der Waals surface area (Å²) in [7, 11) is 0. The summed E-state index contributed by atoms with van der Waals surface area (Å²) in [4.78, 5) is 13.5. The molecule has 2 aromatic carbocycles. The number of hydrogen-bond donors (Lipinski definition) is 1. The molecule has 3 heteroatoms. The van der Waals surface area contributed by atoms with Gasteiger partial charge in [-0.1, -0.05) is 49.6 Å². The maximum atomic E-state index is 12.3. The van der Waals surface area contributed by atoms with E-state index in [1.54, 1.807) is 11.8 Å². The van der Waals surface area contributed by atoms with Gasteiger partial charge in [0.25, 0.3) is 0 Å². The van der Waals surface area contributed by atoms with Crippen LogP contribution in [0.1, 0.15) is 39.0 Å². The molecule has 0 spiro atoms. The van der Waals surface area contributed by atoms with Gasteiger partial charge in [0, 0.05) is 10.9 Å². The number of nitrogens with one attached hydrogen (secondary N) is 1. The van der Waals surface area contributed by atoms with Crippen LogP contribution in [0.3, 0.4) is 0 Å². The van der Waals surface area contributed by atoms with E-state index in [2.05, 4.69) is 47.8 Å². The lowest BCUT2D eigenvalue weighted by Gasteiger charge is -2.24. The third-order valence-electron chi connectivity index (χ3n) is 4.35. The van der Waals surface area contributed by atoms with Crippen molar-refractivity contribution < 1.29 is 4.79 Å². The van der Waals surface area contributed by atoms with E-state index >= 15 is 0 Å². The van der Waals surface area contributed by atoms with E-state index < -0.39 is 0 Å². The van der Waals surface area contributed by atoms with Crippen LogP contribution >= 0.6 is 11.8 Å². The fourth-order valence-corrected chi connectivity index (χ4v) is 3.99. The summed E-state index contributed by atoms with van der Waals surface area (Å²) in [5, 5.41) is 5.63. The molecule has 1 aliphatic carbocycles. The maximum absolute atomic E-state index is 12.3. The number of amides is 1. The first kappa shape index (κ1) is 15.4. The highest BCUT2D eigenvalue weighted by molar-refractivity contribution is 8.00. The van der Waals surface area contributed by atoms with Gasteiger partial charge in [-0.15, -0.1) is 11.8 Å². The minimum atomic E-state index is -0.0527. The minimum absolute atomic E-state index is 0.0527. The fourth-order valence-electron chi connectivity index (χ4n) is 3.06. The normalized spacial score (nSPS) is 17.3. The van der Waals surface area contributed by atoms with Gasteiger partial charge >= 0.3 is 0 Å². The van der Waals surface area contributed by atoms with Crippen molar-refractivity contribution in [2.75, 3.05) is 0 Å². The molecule has 0 heterocycles. The number of fused-ring (bicyclic) bond motifs is 1. The first-order valence-electron chi connectivity index (χ1n) is 8.18. The molecular formula is C19H23NOS. The van der Waals surface area contributed by atoms with E-state index in [1.165, 1.54) is 30.0 Å². The Hall–Kier alpha value is -1.48. The minimum Gasteiger partial charge on any atom is -0.352 e. The van der Waals surface area contributed by atoms with Crippen LogP contribution in [-0.4, -0.2) is 17.2 Å². The van der Waals surface area contributed by atoms with Crippen LogP contribution in [0.5, 0.6) is 0 Å². The molecule has 3 rings (SSSR count). The van der Waals surface area contributed by atoms with E-state index in [0.717, 1.165) is 17.7 Å². The molecule has 2 aromatic rings. The van der Waals surface area contributed by atoms with E-state index in [9.17, 15) is 4.79 Å². The quantitative estimate of drug-likeness (QED) is 0.824. The summed E-state index contributed by atoms with van der Waals surface area (Å²) in [6.07, 6.45) is 6.08. The highest BCUT2D eigenvalue weighted by Gasteiger charge is 2.20. The summed E-state index contributed by atoms with van der Waals surface area (Å²) in [6.45, 7) is 2.00. The van der Waals surface area contributed by atoms with Crippen molar-refractivity contribution in [1.29, 1.82) is 0 Å². The number of carbonyl (C=O) groups is 1. The Morgan fingerprint density at radius 3 is 2.59 bits per heavy atom. The second kappa shape index (κ2) is 7.19. The average molecular weight is 313 g/mol. The lowest BCUT2D eigenvalue weighted by Crippen LogP contribution is -2.40. The molecule has 1 aliphatic rings. The van der Waals surface area contributed by atoms with Crippen molar-refractivity contribution in [3.05, 3.63) is 42.5 Å². The average Bonchev–Trinajstić information content (AvgIpc) is 2.55. The molecule has 0 radical (unpaired) electrons. The lowest BCUT2D eigenvalue weighted by molar-refractivity contribution is -0.121. The Bertz CT molecular complexity index is 649. The van der Waals surface area contributed by atoms with Crippen molar-refractivity contribution in [2.45, 2.75) is 55.2 Å². The second-order valence-corrected chi connectivity index (χ2v) is 7.53. The molecule has 116 valence electrons. The molecule has 1 unspecified atom stereocenters. The Morgan fingerprint density at radius 2 is 1.82 bits per heavy atom. The number of carbonyl (C=O) groups excluding carboxylic acids is 1. The Labute approximate surface area is 136 Å². The summed E-state index contributed by atoms with van der Waals surface area (Å²) in [5.41, 5.74) is 0. The highest BCUT2D eigenvalue weighted by atomic mass is 32.2. The molecule has 1 N–H and O–H groups in total. The molecule has 22 heavy (non-hydrogen) atoms. The van der Waals surface area contributed by atoms with Crippen LogP contribution in [0.25, 0.3) is 10.8 Å². The van der Waals surface area contributed by atoms with Crippen molar-refractivity contribution in [3.63, 3.8) is 0 Å². The topological polar surface area (TPSA) is 29.1 Å². The van der Waals surface area contributed by atoms with E-state index in [0.29, 0.717) is 6.04 Å². The molecule has 0 bridgehead atoms. The number of benzene rings is 2. The van der Waals surface area contributed by atoms with Gasteiger partial charge in [0.05, 0.1) is 5.25 Å². The number of hydrogen-bond acceptors (Lipinski definition) is 2. The molecule has 2 nitrogen and oxygen atoms in total. The Balaban J connectivity index is 1.61. The van der Waals surface area contributed by atoms with Crippen LogP contribution in [-0.2, 0) is 4.79 Å². The first-order chi connectivity index (χ1) is 10.7. The van der Waals surface area contributed by atoms with Gasteiger partial charge < -0.3 is 5.32 Å². The zero-order chi connectivity index (χ0) is 15.4. The molecule has 1 saturated carbocycles. The van der Waals surface area contributed by atoms with Crippen molar-refractivity contribution in [1.82, 2.24) is 5.32 Å². The zero-order valence-electron chi connectivity index (χ0n) is 13.0. The Morgan fingerprint density at radius 1 is 1.09 bits per heavy atom. The number of rotatable bonds is 4. The Kier molecular flexibility index (Phi) is 5.04. The van der Waals surface area contributed by atoms with Crippen LogP contribution in [0.4, 0.5) is 0 Å². The molecule has 0 aliphatic heterocycles. The number of thioether (sulfide) groups is 1. The van der Waals surface area contributed by atoms with Gasteiger partial charge in [-0.05, 0) is 42.7 Å². The first-order valence-corrected chi connectivity index (χ1v) is 9.06. The van der Waals surface area contributed by atoms with Crippen LogP contribution in [0.2, 0.25) is 0 Å². The molecule has 1 amide bonds. The van der Waals surface area contributed by atoms with Gasteiger partial charge in [-0.2, -0.15) is 0 Å². The van der Waals surface area contributed by atoms with Crippen molar-refractivity contribution in [3.8, 4) is 0 Å². The molecule has 0 saturated heterocycles. The third kappa shape index (κ3) is 3.83. The van der Waals surface area contributed by atoms with Gasteiger partial charge in [-0.25, -0.2) is 0 Å². The lowest BCUT2D eigenvalue weighted by atomic mass is 9.95. The predicted octanol–water partition coefficient (Wildman–Crippen LogP) is 4.77. The van der Waals surface area contributed by atoms with E-state index in [1.807, 2.05) is 6.92 Å². The summed E-state index contributed by atoms with van der Waals surface area (Å²) in [5.74, 6) is 0.171. The highest BCUT2D eigenvalue weighted by Crippen LogP contribution is 2.27. The van der Waals surface area contributed by atoms with Crippen LogP contribution < -0.4 is 5.32 Å². The van der Waals surface area contributed by atoms with Crippen molar-refractivity contribution in [2.24, 2.45) is 0 Å². The summed E-state index contributed by atoms with van der Waals surface area (Å²) < 4.78 is 0. The van der Waals surface area contributed by atoms with Gasteiger partial charge in [0.15, 0.2) is 0 Å². The maximum Gasteiger partial charge on any atom is 0.233 e. The smallest absolute Gasteiger partial charge is 0.233 e. The van der Waals surface area contributed by atoms with Gasteiger partial charge in [0.1, 0.15) is 0 Å². The monoisotopic (exact) mass is 313 g/mol. The standard InChI is InChI=1S/C19H23NOS/c1-14(19(21)20-17-9-3-2-4-10-17)22-18-12-11-15-7-5-6-8-16(15)13-18/h5-8,11-14,17H,2-4,9-10H2,1H3,(H,20,21). The van der Waals surface area contributed by atoms with E-state index in [4.69, 9.17) is 0 Å². The van der Waals surface area contributed by atoms with E-state index in [-0.39, 0.29) is 11.2 Å². The second-order valence-electron chi connectivity index (χ2n) is 6.11. The predicted molar refractivity (Wildman–Crippen MR) is 94.3 cm³/mol. The van der Waals surface area contributed by atoms with Crippen LogP contribution in [0, 0.1) is 0 Å². The molecule has 1 atom stereocenters. The summed E-state index contributed by atoms with van der Waals surface area (Å²) >= 11 is 1.64. The van der Waals surface area contributed by atoms with Crippen LogP contribution in [0.15, 0.2) is 47.4 Å². The SMILES string of the molecule is CC(Sc1ccc2ccccc2c1)C(=O)NC1CCCCC1. The van der Waals surface area contributed by atoms with Gasteiger partial charge in [0.2, 0.25) is 5.91 Å².